The molecule has 0 N–H and O–H groups in total. The van der Waals surface area contributed by atoms with E-state index < -0.39 is 5.83 Å². The summed E-state index contributed by atoms with van der Waals surface area (Å²) in [6.07, 6.45) is 6.48. The number of halogens is 1. The summed E-state index contributed by atoms with van der Waals surface area (Å²) >= 11 is 0. The summed E-state index contributed by atoms with van der Waals surface area (Å²) in [5.74, 6) is -0.453. The predicted molar refractivity (Wildman–Crippen MR) is 43.3 cm³/mol. The normalized spacial score (nSPS) is 11.0. The molecule has 0 aliphatic heterocycles. The van der Waals surface area contributed by atoms with Gasteiger partial charge >= 0.3 is 0 Å². The van der Waals surface area contributed by atoms with Gasteiger partial charge in [-0.3, -0.25) is 0 Å². The van der Waals surface area contributed by atoms with Crippen molar-refractivity contribution in [1.82, 2.24) is 0 Å². The molecule has 0 amide bonds. The summed E-state index contributed by atoms with van der Waals surface area (Å²) in [6, 6.07) is 0. The fourth-order valence-electron chi connectivity index (χ4n) is 0.467. The van der Waals surface area contributed by atoms with Crippen molar-refractivity contribution < 1.29 is 4.39 Å². The summed E-state index contributed by atoms with van der Waals surface area (Å²) in [4.78, 5) is 0. The van der Waals surface area contributed by atoms with Gasteiger partial charge in [0.15, 0.2) is 0 Å². The Morgan fingerprint density at radius 3 is 2.20 bits per heavy atom. The minimum absolute atomic E-state index is 0.453. The van der Waals surface area contributed by atoms with Crippen LogP contribution in [0.25, 0.3) is 0 Å². The molecule has 0 saturated carbocycles. The first-order valence-electron chi connectivity index (χ1n) is 3.01. The van der Waals surface area contributed by atoms with E-state index in [0.29, 0.717) is 0 Å². The summed E-state index contributed by atoms with van der Waals surface area (Å²) in [7, 11) is 0. The highest BCUT2D eigenvalue weighted by Gasteiger charge is 1.80. The molecule has 0 heterocycles. The van der Waals surface area contributed by atoms with Crippen molar-refractivity contribution >= 4 is 0 Å². The standard InChI is InChI=1S/C9H11F/c1-4-5-8(2)6-7-9(3)10/h4-7H,2-3H2,1H3/b5-4+,7-6-. The Morgan fingerprint density at radius 1 is 1.20 bits per heavy atom. The van der Waals surface area contributed by atoms with Crippen LogP contribution in [-0.4, -0.2) is 0 Å². The molecule has 0 atom stereocenters. The lowest BCUT2D eigenvalue weighted by atomic mass is 10.2. The van der Waals surface area contributed by atoms with Crippen LogP contribution in [0, 0.1) is 0 Å². The van der Waals surface area contributed by atoms with Crippen molar-refractivity contribution in [3.8, 4) is 0 Å². The van der Waals surface area contributed by atoms with E-state index in [2.05, 4.69) is 13.2 Å². The van der Waals surface area contributed by atoms with Crippen molar-refractivity contribution in [3.05, 3.63) is 48.9 Å². The van der Waals surface area contributed by atoms with E-state index in [1.807, 2.05) is 13.0 Å². The molecule has 1 heteroatoms. The molecule has 0 aliphatic rings. The van der Waals surface area contributed by atoms with Crippen LogP contribution >= 0.6 is 0 Å². The van der Waals surface area contributed by atoms with E-state index in [0.717, 1.165) is 5.57 Å². The molecular formula is C9H11F. The molecule has 0 bridgehead atoms. The maximum absolute atomic E-state index is 12.0. The third-order valence-corrected chi connectivity index (χ3v) is 0.859. The number of hydrogen-bond donors (Lipinski definition) is 0. The summed E-state index contributed by atoms with van der Waals surface area (Å²) in [5.41, 5.74) is 0.765. The van der Waals surface area contributed by atoms with Gasteiger partial charge in [0.1, 0.15) is 5.83 Å². The highest BCUT2D eigenvalue weighted by atomic mass is 19.1. The van der Waals surface area contributed by atoms with E-state index in [1.54, 1.807) is 12.2 Å². The number of rotatable bonds is 3. The average molecular weight is 138 g/mol. The third-order valence-electron chi connectivity index (χ3n) is 0.859. The van der Waals surface area contributed by atoms with Gasteiger partial charge in [0.05, 0.1) is 0 Å². The Labute approximate surface area is 61.1 Å². The first kappa shape index (κ1) is 8.89. The van der Waals surface area contributed by atoms with E-state index >= 15 is 0 Å². The monoisotopic (exact) mass is 138 g/mol. The molecular weight excluding hydrogens is 127 g/mol. The second-order valence-electron chi connectivity index (χ2n) is 1.86. The summed E-state index contributed by atoms with van der Waals surface area (Å²) in [5, 5.41) is 0. The van der Waals surface area contributed by atoms with E-state index in [1.165, 1.54) is 6.08 Å². The zero-order valence-electron chi connectivity index (χ0n) is 6.10. The largest absolute Gasteiger partial charge is 0.208 e. The molecule has 0 aliphatic carbocycles. The van der Waals surface area contributed by atoms with Gasteiger partial charge in [-0.2, -0.15) is 0 Å². The first-order valence-corrected chi connectivity index (χ1v) is 3.01. The minimum atomic E-state index is -0.453. The molecule has 0 rings (SSSR count). The van der Waals surface area contributed by atoms with Crippen LogP contribution in [-0.2, 0) is 0 Å². The summed E-state index contributed by atoms with van der Waals surface area (Å²) < 4.78 is 12.0. The van der Waals surface area contributed by atoms with Gasteiger partial charge in [0, 0.05) is 0 Å². The number of hydrogen-bond acceptors (Lipinski definition) is 0. The fourth-order valence-corrected chi connectivity index (χ4v) is 0.467. The summed E-state index contributed by atoms with van der Waals surface area (Å²) in [6.45, 7) is 8.58. The van der Waals surface area contributed by atoms with Crippen molar-refractivity contribution in [3.63, 3.8) is 0 Å². The van der Waals surface area contributed by atoms with Crippen molar-refractivity contribution in [2.45, 2.75) is 6.92 Å². The van der Waals surface area contributed by atoms with Crippen LogP contribution in [0.1, 0.15) is 6.92 Å². The van der Waals surface area contributed by atoms with Crippen LogP contribution in [0.4, 0.5) is 4.39 Å². The van der Waals surface area contributed by atoms with Crippen LogP contribution in [0.2, 0.25) is 0 Å². The van der Waals surface area contributed by atoms with Gasteiger partial charge < -0.3 is 0 Å². The average Bonchev–Trinajstić information content (AvgIpc) is 1.85. The Balaban J connectivity index is 3.90. The third kappa shape index (κ3) is 5.04. The van der Waals surface area contributed by atoms with Gasteiger partial charge in [-0.05, 0) is 18.6 Å². The number of allylic oxidation sites excluding steroid dienone is 6. The van der Waals surface area contributed by atoms with Gasteiger partial charge in [-0.15, -0.1) is 0 Å². The fraction of sp³-hybridized carbons (Fsp3) is 0.111. The molecule has 0 aromatic heterocycles. The molecule has 0 nitrogen and oxygen atoms in total. The molecule has 0 saturated heterocycles. The molecule has 0 spiro atoms. The zero-order chi connectivity index (χ0) is 7.98. The molecule has 0 aromatic rings. The molecule has 0 fully saturated rings. The van der Waals surface area contributed by atoms with Gasteiger partial charge in [0.25, 0.3) is 0 Å². The van der Waals surface area contributed by atoms with E-state index in [9.17, 15) is 4.39 Å². The second-order valence-corrected chi connectivity index (χ2v) is 1.86. The maximum Gasteiger partial charge on any atom is 0.116 e. The minimum Gasteiger partial charge on any atom is -0.208 e. The highest BCUT2D eigenvalue weighted by molar-refractivity contribution is 5.29. The SMILES string of the molecule is C=C(F)/C=C\C(=C)/C=C/C. The lowest BCUT2D eigenvalue weighted by Gasteiger charge is -1.85. The lowest BCUT2D eigenvalue weighted by Crippen LogP contribution is -1.65. The highest BCUT2D eigenvalue weighted by Crippen LogP contribution is 1.99. The lowest BCUT2D eigenvalue weighted by molar-refractivity contribution is 0.671. The van der Waals surface area contributed by atoms with Gasteiger partial charge in [-0.25, -0.2) is 4.39 Å². The van der Waals surface area contributed by atoms with Crippen molar-refractivity contribution in [2.24, 2.45) is 0 Å². The van der Waals surface area contributed by atoms with Gasteiger partial charge in [0.2, 0.25) is 0 Å². The van der Waals surface area contributed by atoms with Crippen LogP contribution in [0.5, 0.6) is 0 Å². The predicted octanol–water partition coefficient (Wildman–Crippen LogP) is 3.16. The van der Waals surface area contributed by atoms with E-state index in [-0.39, 0.29) is 0 Å². The quantitative estimate of drug-likeness (QED) is 0.525. The Bertz CT molecular complexity index is 185. The molecule has 0 radical (unpaired) electrons. The maximum atomic E-state index is 12.0. The molecule has 54 valence electrons. The smallest absolute Gasteiger partial charge is 0.116 e. The molecule has 10 heavy (non-hydrogen) atoms. The zero-order valence-corrected chi connectivity index (χ0v) is 6.10. The van der Waals surface area contributed by atoms with Crippen molar-refractivity contribution in [2.75, 3.05) is 0 Å². The van der Waals surface area contributed by atoms with Gasteiger partial charge in [-0.1, -0.05) is 31.4 Å². The molecule has 0 aromatic carbocycles. The Hall–Kier alpha value is -1.11. The first-order chi connectivity index (χ1) is 4.66. The Kier molecular flexibility index (Phi) is 4.21. The van der Waals surface area contributed by atoms with Crippen LogP contribution in [0.15, 0.2) is 48.9 Å². The van der Waals surface area contributed by atoms with Crippen LogP contribution in [0.3, 0.4) is 0 Å². The van der Waals surface area contributed by atoms with Crippen LogP contribution < -0.4 is 0 Å². The van der Waals surface area contributed by atoms with E-state index in [4.69, 9.17) is 0 Å². The molecule has 0 unspecified atom stereocenters. The van der Waals surface area contributed by atoms with Crippen molar-refractivity contribution in [1.29, 1.82) is 0 Å². The topological polar surface area (TPSA) is 0 Å². The Morgan fingerprint density at radius 2 is 1.80 bits per heavy atom. The second kappa shape index (κ2) is 4.74.